The van der Waals surface area contributed by atoms with Crippen molar-refractivity contribution in [1.29, 1.82) is 0 Å². The lowest BCUT2D eigenvalue weighted by Crippen LogP contribution is -2.44. The van der Waals surface area contributed by atoms with Crippen LogP contribution in [0.5, 0.6) is 0 Å². The van der Waals surface area contributed by atoms with Gasteiger partial charge in [0.05, 0.1) is 6.61 Å². The molecule has 1 fully saturated rings. The summed E-state index contributed by atoms with van der Waals surface area (Å²) in [5.41, 5.74) is 0. The Morgan fingerprint density at radius 3 is 2.59 bits per heavy atom. The van der Waals surface area contributed by atoms with Gasteiger partial charge < -0.3 is 15.4 Å². The minimum Gasteiger partial charge on any atom is -0.383 e. The van der Waals surface area contributed by atoms with Crippen LogP contribution in [0.1, 0.15) is 39.5 Å². The lowest BCUT2D eigenvalue weighted by Gasteiger charge is -2.27. The van der Waals surface area contributed by atoms with Crippen molar-refractivity contribution in [1.82, 2.24) is 10.6 Å². The van der Waals surface area contributed by atoms with Crippen LogP contribution in [-0.4, -0.2) is 31.4 Å². The molecule has 0 radical (unpaired) electrons. The third-order valence-corrected chi connectivity index (χ3v) is 3.74. The topological polar surface area (TPSA) is 33.3 Å². The summed E-state index contributed by atoms with van der Waals surface area (Å²) in [6, 6.07) is 0.270. The molecule has 4 heteroatoms. The number of methoxy groups -OCH3 is 1. The highest BCUT2D eigenvalue weighted by Crippen LogP contribution is 2.27. The first-order chi connectivity index (χ1) is 8.11. The molecule has 1 aliphatic rings. The Morgan fingerprint density at radius 2 is 2.00 bits per heavy atom. The molecular weight excluding hydrogens is 232 g/mol. The van der Waals surface area contributed by atoms with Gasteiger partial charge in [-0.05, 0) is 43.8 Å². The average molecular weight is 258 g/mol. The molecule has 3 nitrogen and oxygen atoms in total. The van der Waals surface area contributed by atoms with Gasteiger partial charge in [-0.3, -0.25) is 0 Å². The van der Waals surface area contributed by atoms with Gasteiger partial charge in [0.15, 0.2) is 5.11 Å². The number of nitrogens with one attached hydrogen (secondary N) is 2. The first-order valence-electron chi connectivity index (χ1n) is 6.65. The molecule has 1 saturated carbocycles. The van der Waals surface area contributed by atoms with Crippen LogP contribution in [0.15, 0.2) is 0 Å². The molecular formula is C13H26N2OS. The summed E-state index contributed by atoms with van der Waals surface area (Å²) < 4.78 is 5.06. The Kier molecular flexibility index (Phi) is 6.82. The SMILES string of the molecule is COCC(C)NC(=S)NCC1CCC(C)CC1. The second kappa shape index (κ2) is 7.88. The Labute approximate surface area is 111 Å². The Balaban J connectivity index is 2.11. The van der Waals surface area contributed by atoms with E-state index in [1.165, 1.54) is 25.7 Å². The van der Waals surface area contributed by atoms with Crippen LogP contribution in [0.25, 0.3) is 0 Å². The van der Waals surface area contributed by atoms with Crippen LogP contribution in [0.4, 0.5) is 0 Å². The van der Waals surface area contributed by atoms with Crippen molar-refractivity contribution in [2.24, 2.45) is 11.8 Å². The molecule has 2 N–H and O–H groups in total. The predicted octanol–water partition coefficient (Wildman–Crippen LogP) is 2.31. The van der Waals surface area contributed by atoms with Crippen molar-refractivity contribution in [2.75, 3.05) is 20.3 Å². The molecule has 0 aromatic rings. The van der Waals surface area contributed by atoms with E-state index in [2.05, 4.69) is 24.5 Å². The molecule has 0 saturated heterocycles. The predicted molar refractivity (Wildman–Crippen MR) is 76.2 cm³/mol. The Morgan fingerprint density at radius 1 is 1.35 bits per heavy atom. The zero-order valence-electron chi connectivity index (χ0n) is 11.3. The van der Waals surface area contributed by atoms with E-state index in [1.807, 2.05) is 0 Å². The van der Waals surface area contributed by atoms with Crippen LogP contribution in [0.3, 0.4) is 0 Å². The van der Waals surface area contributed by atoms with Crippen LogP contribution in [0, 0.1) is 11.8 Å². The van der Waals surface area contributed by atoms with E-state index in [4.69, 9.17) is 17.0 Å². The fourth-order valence-corrected chi connectivity index (χ4v) is 2.62. The van der Waals surface area contributed by atoms with E-state index < -0.39 is 0 Å². The minimum absolute atomic E-state index is 0.270. The first-order valence-corrected chi connectivity index (χ1v) is 7.06. The molecule has 0 amide bonds. The highest BCUT2D eigenvalue weighted by atomic mass is 32.1. The summed E-state index contributed by atoms with van der Waals surface area (Å²) in [5, 5.41) is 7.30. The highest BCUT2D eigenvalue weighted by molar-refractivity contribution is 7.80. The molecule has 0 aromatic carbocycles. The van der Waals surface area contributed by atoms with Crippen molar-refractivity contribution in [3.8, 4) is 0 Å². The molecule has 1 rings (SSSR count). The Bertz CT molecular complexity index is 227. The maximum absolute atomic E-state index is 5.26. The maximum Gasteiger partial charge on any atom is 0.166 e. The second-order valence-electron chi connectivity index (χ2n) is 5.34. The summed E-state index contributed by atoms with van der Waals surface area (Å²) in [6.45, 7) is 6.11. The van der Waals surface area contributed by atoms with Crippen molar-refractivity contribution < 1.29 is 4.74 Å². The van der Waals surface area contributed by atoms with Gasteiger partial charge in [-0.15, -0.1) is 0 Å². The summed E-state index contributed by atoms with van der Waals surface area (Å²) in [7, 11) is 1.71. The normalized spacial score (nSPS) is 26.3. The second-order valence-corrected chi connectivity index (χ2v) is 5.74. The standard InChI is InChI=1S/C13H26N2OS/c1-10-4-6-12(7-5-10)8-14-13(17)15-11(2)9-16-3/h10-12H,4-9H2,1-3H3,(H2,14,15,17). The van der Waals surface area contributed by atoms with Crippen LogP contribution >= 0.6 is 12.2 Å². The van der Waals surface area contributed by atoms with Crippen LogP contribution < -0.4 is 10.6 Å². The average Bonchev–Trinajstić information content (AvgIpc) is 2.28. The Hall–Kier alpha value is -0.350. The van der Waals surface area contributed by atoms with E-state index in [1.54, 1.807) is 7.11 Å². The molecule has 0 spiro atoms. The third kappa shape index (κ3) is 6.22. The number of hydrogen-bond acceptors (Lipinski definition) is 2. The number of rotatable bonds is 5. The molecule has 0 aliphatic heterocycles. The van der Waals surface area contributed by atoms with Crippen molar-refractivity contribution >= 4 is 17.3 Å². The van der Waals surface area contributed by atoms with Crippen molar-refractivity contribution in [3.63, 3.8) is 0 Å². The largest absolute Gasteiger partial charge is 0.383 e. The van der Waals surface area contributed by atoms with E-state index >= 15 is 0 Å². The molecule has 0 aromatic heterocycles. The molecule has 1 aliphatic carbocycles. The third-order valence-electron chi connectivity index (χ3n) is 3.48. The van der Waals surface area contributed by atoms with Gasteiger partial charge in [0.2, 0.25) is 0 Å². The molecule has 1 atom stereocenters. The summed E-state index contributed by atoms with van der Waals surface area (Å²) in [6.07, 6.45) is 5.41. The first kappa shape index (κ1) is 14.7. The van der Waals surface area contributed by atoms with Crippen LogP contribution in [-0.2, 0) is 4.74 Å². The minimum atomic E-state index is 0.270. The van der Waals surface area contributed by atoms with Crippen molar-refractivity contribution in [2.45, 2.75) is 45.6 Å². The summed E-state index contributed by atoms with van der Waals surface area (Å²) in [5.74, 6) is 1.71. The molecule has 0 heterocycles. The molecule has 1 unspecified atom stereocenters. The smallest absolute Gasteiger partial charge is 0.166 e. The number of hydrogen-bond donors (Lipinski definition) is 2. The van der Waals surface area contributed by atoms with E-state index in [9.17, 15) is 0 Å². The van der Waals surface area contributed by atoms with Gasteiger partial charge in [0, 0.05) is 19.7 Å². The van der Waals surface area contributed by atoms with Gasteiger partial charge in [-0.25, -0.2) is 0 Å². The number of ether oxygens (including phenoxy) is 1. The molecule has 100 valence electrons. The zero-order chi connectivity index (χ0) is 12.7. The van der Waals surface area contributed by atoms with Crippen LogP contribution in [0.2, 0.25) is 0 Å². The maximum atomic E-state index is 5.26. The quantitative estimate of drug-likeness (QED) is 0.742. The van der Waals surface area contributed by atoms with E-state index in [0.29, 0.717) is 6.61 Å². The monoisotopic (exact) mass is 258 g/mol. The summed E-state index contributed by atoms with van der Waals surface area (Å²) >= 11 is 5.26. The fraction of sp³-hybridized carbons (Fsp3) is 0.923. The zero-order valence-corrected chi connectivity index (χ0v) is 12.1. The molecule has 0 bridgehead atoms. The van der Waals surface area contributed by atoms with Gasteiger partial charge in [0.25, 0.3) is 0 Å². The van der Waals surface area contributed by atoms with Gasteiger partial charge in [-0.1, -0.05) is 19.8 Å². The fourth-order valence-electron chi connectivity index (χ4n) is 2.34. The highest BCUT2D eigenvalue weighted by Gasteiger charge is 2.18. The number of thiocarbonyl (C=S) groups is 1. The van der Waals surface area contributed by atoms with E-state index in [-0.39, 0.29) is 6.04 Å². The lowest BCUT2D eigenvalue weighted by molar-refractivity contribution is 0.179. The summed E-state index contributed by atoms with van der Waals surface area (Å²) in [4.78, 5) is 0. The van der Waals surface area contributed by atoms with Gasteiger partial charge >= 0.3 is 0 Å². The van der Waals surface area contributed by atoms with E-state index in [0.717, 1.165) is 23.5 Å². The van der Waals surface area contributed by atoms with Crippen molar-refractivity contribution in [3.05, 3.63) is 0 Å². The van der Waals surface area contributed by atoms with Gasteiger partial charge in [0.1, 0.15) is 0 Å². The lowest BCUT2D eigenvalue weighted by atomic mass is 9.83. The molecule has 17 heavy (non-hydrogen) atoms. The van der Waals surface area contributed by atoms with Gasteiger partial charge in [-0.2, -0.15) is 0 Å².